The van der Waals surface area contributed by atoms with Crippen LogP contribution < -0.4 is 5.73 Å². The minimum atomic E-state index is -0.614. The third kappa shape index (κ3) is 3.95. The maximum atomic E-state index is 11.1. The first-order valence-electron chi connectivity index (χ1n) is 4.75. The van der Waals surface area contributed by atoms with Crippen LogP contribution in [-0.2, 0) is 16.0 Å². The van der Waals surface area contributed by atoms with Crippen LogP contribution in [0.4, 0.5) is 0 Å². The summed E-state index contributed by atoms with van der Waals surface area (Å²) in [5, 5.41) is 0. The summed E-state index contributed by atoms with van der Waals surface area (Å²) in [5.74, 6) is -0.446. The Morgan fingerprint density at radius 3 is 2.60 bits per heavy atom. The molecule has 0 amide bonds. The molecule has 0 aromatic heterocycles. The molecule has 0 bridgehead atoms. The summed E-state index contributed by atoms with van der Waals surface area (Å²) in [6.45, 7) is 5.08. The number of benzene rings is 1. The van der Waals surface area contributed by atoms with Gasteiger partial charge in [0.15, 0.2) is 6.23 Å². The molecule has 1 rings (SSSR count). The van der Waals surface area contributed by atoms with Crippen molar-refractivity contribution in [2.45, 2.75) is 19.6 Å². The van der Waals surface area contributed by atoms with Gasteiger partial charge in [-0.15, -0.1) is 0 Å². The van der Waals surface area contributed by atoms with E-state index in [1.807, 2.05) is 30.3 Å². The summed E-state index contributed by atoms with van der Waals surface area (Å²) in [5.41, 5.74) is 7.06. The van der Waals surface area contributed by atoms with E-state index in [1.165, 1.54) is 0 Å². The van der Waals surface area contributed by atoms with Crippen LogP contribution in [0.5, 0.6) is 0 Å². The molecule has 2 N–H and O–H groups in total. The van der Waals surface area contributed by atoms with Gasteiger partial charge in [-0.2, -0.15) is 0 Å². The molecule has 1 atom stereocenters. The van der Waals surface area contributed by atoms with Crippen LogP contribution in [0.3, 0.4) is 0 Å². The molecule has 80 valence electrons. The van der Waals surface area contributed by atoms with Gasteiger partial charge >= 0.3 is 5.97 Å². The van der Waals surface area contributed by atoms with Crippen molar-refractivity contribution in [2.24, 2.45) is 5.73 Å². The van der Waals surface area contributed by atoms with Crippen molar-refractivity contribution in [2.75, 3.05) is 0 Å². The van der Waals surface area contributed by atoms with E-state index in [9.17, 15) is 4.79 Å². The number of nitrogens with two attached hydrogens (primary N) is 1. The SMILES string of the molecule is C=C(C)C(=O)OC(N)Cc1ccccc1. The molecule has 1 aromatic carbocycles. The van der Waals surface area contributed by atoms with Gasteiger partial charge < -0.3 is 4.74 Å². The zero-order valence-corrected chi connectivity index (χ0v) is 8.77. The number of esters is 1. The van der Waals surface area contributed by atoms with Gasteiger partial charge in [-0.3, -0.25) is 5.73 Å². The zero-order chi connectivity index (χ0) is 11.3. The van der Waals surface area contributed by atoms with E-state index in [1.54, 1.807) is 6.92 Å². The highest BCUT2D eigenvalue weighted by Gasteiger charge is 2.10. The van der Waals surface area contributed by atoms with Gasteiger partial charge in [-0.05, 0) is 12.5 Å². The molecule has 0 fully saturated rings. The first kappa shape index (κ1) is 11.5. The number of carbonyl (C=O) groups is 1. The summed E-state index contributed by atoms with van der Waals surface area (Å²) in [7, 11) is 0. The molecule has 3 heteroatoms. The molecule has 0 spiro atoms. The van der Waals surface area contributed by atoms with Gasteiger partial charge in [0.2, 0.25) is 0 Å². The Balaban J connectivity index is 2.46. The molecular weight excluding hydrogens is 190 g/mol. The Morgan fingerprint density at radius 1 is 1.47 bits per heavy atom. The molecule has 3 nitrogen and oxygen atoms in total. The fraction of sp³-hybridized carbons (Fsp3) is 0.250. The van der Waals surface area contributed by atoms with Crippen molar-refractivity contribution in [3.8, 4) is 0 Å². The predicted octanol–water partition coefficient (Wildman–Crippen LogP) is 1.63. The lowest BCUT2D eigenvalue weighted by atomic mass is 10.1. The number of hydrogen-bond acceptors (Lipinski definition) is 3. The third-order valence-corrected chi connectivity index (χ3v) is 1.89. The van der Waals surface area contributed by atoms with E-state index in [-0.39, 0.29) is 0 Å². The highest BCUT2D eigenvalue weighted by atomic mass is 16.6. The van der Waals surface area contributed by atoms with Gasteiger partial charge in [0.1, 0.15) is 0 Å². The second kappa shape index (κ2) is 5.32. The minimum absolute atomic E-state index is 0.360. The number of carbonyl (C=O) groups excluding carboxylic acids is 1. The summed E-state index contributed by atoms with van der Waals surface area (Å²) in [6, 6.07) is 9.64. The molecular formula is C12H15NO2. The van der Waals surface area contributed by atoms with E-state index >= 15 is 0 Å². The lowest BCUT2D eigenvalue weighted by Gasteiger charge is -2.12. The summed E-state index contributed by atoms with van der Waals surface area (Å²) < 4.78 is 4.96. The first-order valence-corrected chi connectivity index (χ1v) is 4.75. The third-order valence-electron chi connectivity index (χ3n) is 1.89. The number of ether oxygens (including phenoxy) is 1. The second-order valence-corrected chi connectivity index (χ2v) is 3.41. The smallest absolute Gasteiger partial charge is 0.334 e. The topological polar surface area (TPSA) is 52.3 Å². The first-order chi connectivity index (χ1) is 7.09. The zero-order valence-electron chi connectivity index (χ0n) is 8.77. The number of rotatable bonds is 4. The van der Waals surface area contributed by atoms with Crippen LogP contribution >= 0.6 is 0 Å². The Morgan fingerprint density at radius 2 is 2.07 bits per heavy atom. The molecule has 0 aliphatic heterocycles. The van der Waals surface area contributed by atoms with Crippen LogP contribution in [0, 0.1) is 0 Å². The summed E-state index contributed by atoms with van der Waals surface area (Å²) in [6.07, 6.45) is -0.101. The average molecular weight is 205 g/mol. The average Bonchev–Trinajstić information content (AvgIpc) is 2.18. The van der Waals surface area contributed by atoms with Gasteiger partial charge in [0, 0.05) is 12.0 Å². The largest absolute Gasteiger partial charge is 0.443 e. The normalized spacial score (nSPS) is 11.9. The predicted molar refractivity (Wildman–Crippen MR) is 59.0 cm³/mol. The Hall–Kier alpha value is -1.61. The maximum absolute atomic E-state index is 11.1. The van der Waals surface area contributed by atoms with E-state index in [2.05, 4.69) is 6.58 Å². The molecule has 1 aromatic rings. The van der Waals surface area contributed by atoms with E-state index in [0.717, 1.165) is 5.56 Å². The van der Waals surface area contributed by atoms with E-state index < -0.39 is 12.2 Å². The fourth-order valence-electron chi connectivity index (χ4n) is 1.13. The number of hydrogen-bond donors (Lipinski definition) is 1. The van der Waals surface area contributed by atoms with E-state index in [0.29, 0.717) is 12.0 Å². The van der Waals surface area contributed by atoms with Crippen molar-refractivity contribution in [3.63, 3.8) is 0 Å². The second-order valence-electron chi connectivity index (χ2n) is 3.41. The van der Waals surface area contributed by atoms with Gasteiger partial charge in [-0.1, -0.05) is 36.9 Å². The molecule has 0 radical (unpaired) electrons. The molecule has 0 aliphatic rings. The van der Waals surface area contributed by atoms with Gasteiger partial charge in [-0.25, -0.2) is 4.79 Å². The molecule has 0 saturated carbocycles. The fourth-order valence-corrected chi connectivity index (χ4v) is 1.13. The molecule has 0 saturated heterocycles. The highest BCUT2D eigenvalue weighted by molar-refractivity contribution is 5.87. The van der Waals surface area contributed by atoms with Crippen LogP contribution in [0.15, 0.2) is 42.5 Å². The molecule has 0 heterocycles. The van der Waals surface area contributed by atoms with E-state index in [4.69, 9.17) is 10.5 Å². The van der Waals surface area contributed by atoms with Crippen LogP contribution in [0.25, 0.3) is 0 Å². The highest BCUT2D eigenvalue weighted by Crippen LogP contribution is 2.04. The quantitative estimate of drug-likeness (QED) is 0.462. The Bertz CT molecular complexity index is 346. The summed E-state index contributed by atoms with van der Waals surface area (Å²) >= 11 is 0. The van der Waals surface area contributed by atoms with Gasteiger partial charge in [0.05, 0.1) is 0 Å². The van der Waals surface area contributed by atoms with Crippen LogP contribution in [0.1, 0.15) is 12.5 Å². The molecule has 0 aliphatic carbocycles. The monoisotopic (exact) mass is 205 g/mol. The lowest BCUT2D eigenvalue weighted by molar-refractivity contribution is -0.143. The minimum Gasteiger partial charge on any atom is -0.443 e. The molecule has 15 heavy (non-hydrogen) atoms. The summed E-state index contributed by atoms with van der Waals surface area (Å²) in [4.78, 5) is 11.1. The van der Waals surface area contributed by atoms with Crippen molar-refractivity contribution in [1.82, 2.24) is 0 Å². The van der Waals surface area contributed by atoms with Crippen LogP contribution in [-0.4, -0.2) is 12.2 Å². The Labute approximate surface area is 89.5 Å². The van der Waals surface area contributed by atoms with Crippen LogP contribution in [0.2, 0.25) is 0 Å². The molecule has 1 unspecified atom stereocenters. The van der Waals surface area contributed by atoms with Crippen molar-refractivity contribution < 1.29 is 9.53 Å². The lowest BCUT2D eigenvalue weighted by Crippen LogP contribution is -2.29. The van der Waals surface area contributed by atoms with Crippen molar-refractivity contribution >= 4 is 5.97 Å². The maximum Gasteiger partial charge on any atom is 0.334 e. The van der Waals surface area contributed by atoms with Crippen molar-refractivity contribution in [1.29, 1.82) is 0 Å². The Kier molecular flexibility index (Phi) is 4.06. The standard InChI is InChI=1S/C12H15NO2/c1-9(2)12(14)15-11(13)8-10-6-4-3-5-7-10/h3-7,11H,1,8,13H2,2H3. The van der Waals surface area contributed by atoms with Gasteiger partial charge in [0.25, 0.3) is 0 Å². The van der Waals surface area contributed by atoms with Crippen molar-refractivity contribution in [3.05, 3.63) is 48.0 Å².